The van der Waals surface area contributed by atoms with Crippen molar-refractivity contribution in [2.45, 2.75) is 26.2 Å². The highest BCUT2D eigenvalue weighted by Gasteiger charge is 2.38. The summed E-state index contributed by atoms with van der Waals surface area (Å²) in [5, 5.41) is 0. The number of morpholine rings is 1. The first-order chi connectivity index (χ1) is 19.1. The summed E-state index contributed by atoms with van der Waals surface area (Å²) in [6.07, 6.45) is 2.91. The van der Waals surface area contributed by atoms with Crippen LogP contribution in [0.15, 0.2) is 24.3 Å². The fraction of sp³-hybridized carbons (Fsp3) is 0.536. The van der Waals surface area contributed by atoms with Gasteiger partial charge in [0.05, 0.1) is 24.2 Å². The number of hydrogen-bond acceptors (Lipinski definition) is 8. The van der Waals surface area contributed by atoms with Crippen molar-refractivity contribution in [3.05, 3.63) is 35.9 Å². The standard InChI is InChI=1S/C28H34N8O3/c1-3-22-29-20-6-4-5-7-21(20)36(22)28-31-24-23(25(32-28)34-10-14-39-15-11-34)30-26(33(24)2)27(37)35-16-19(17-35)18-8-12-38-13-9-18/h4-7,18-19H,3,8-17H2,1-2H3. The number of ether oxygens (including phenoxy) is 2. The molecule has 0 saturated carbocycles. The average molecular weight is 531 g/mol. The van der Waals surface area contributed by atoms with E-state index >= 15 is 0 Å². The molecule has 0 spiro atoms. The number of nitrogens with zero attached hydrogens (tertiary/aromatic N) is 8. The first-order valence-corrected chi connectivity index (χ1v) is 14.0. The van der Waals surface area contributed by atoms with Crippen LogP contribution < -0.4 is 4.90 Å². The molecule has 204 valence electrons. The molecule has 3 aliphatic heterocycles. The van der Waals surface area contributed by atoms with Crippen LogP contribution in [-0.4, -0.2) is 92.5 Å². The van der Waals surface area contributed by atoms with Gasteiger partial charge in [0, 0.05) is 52.9 Å². The van der Waals surface area contributed by atoms with E-state index < -0.39 is 0 Å². The van der Waals surface area contributed by atoms with Crippen LogP contribution >= 0.6 is 0 Å². The van der Waals surface area contributed by atoms with Crippen molar-refractivity contribution in [3.8, 4) is 5.95 Å². The lowest BCUT2D eigenvalue weighted by Gasteiger charge is -2.44. The molecule has 11 heteroatoms. The lowest BCUT2D eigenvalue weighted by atomic mass is 9.81. The van der Waals surface area contributed by atoms with Gasteiger partial charge < -0.3 is 23.8 Å². The van der Waals surface area contributed by atoms with Gasteiger partial charge in [0.1, 0.15) is 5.82 Å². The molecular formula is C28H34N8O3. The molecule has 4 aromatic rings. The molecule has 0 radical (unpaired) electrons. The van der Waals surface area contributed by atoms with Crippen molar-refractivity contribution >= 4 is 33.9 Å². The Morgan fingerprint density at radius 3 is 2.46 bits per heavy atom. The monoisotopic (exact) mass is 530 g/mol. The topological polar surface area (TPSA) is 103 Å². The zero-order valence-corrected chi connectivity index (χ0v) is 22.5. The zero-order chi connectivity index (χ0) is 26.5. The second-order valence-corrected chi connectivity index (χ2v) is 10.7. The van der Waals surface area contributed by atoms with Gasteiger partial charge >= 0.3 is 0 Å². The van der Waals surface area contributed by atoms with Crippen LogP contribution in [0.2, 0.25) is 0 Å². The number of aryl methyl sites for hydroxylation is 2. The SMILES string of the molecule is CCc1nc2ccccc2n1-c1nc(N2CCOCC2)c2nc(C(=O)N3CC(C4CCOCC4)C3)n(C)c2n1. The predicted molar refractivity (Wildman–Crippen MR) is 146 cm³/mol. The van der Waals surface area contributed by atoms with E-state index in [0.717, 1.165) is 68.2 Å². The molecular weight excluding hydrogens is 496 g/mol. The molecule has 1 aromatic carbocycles. The third-order valence-electron chi connectivity index (χ3n) is 8.47. The van der Waals surface area contributed by atoms with Crippen molar-refractivity contribution < 1.29 is 14.3 Å². The highest BCUT2D eigenvalue weighted by atomic mass is 16.5. The number of para-hydroxylation sites is 2. The molecule has 0 aliphatic carbocycles. The van der Waals surface area contributed by atoms with Gasteiger partial charge in [-0.2, -0.15) is 9.97 Å². The molecule has 3 fully saturated rings. The molecule has 3 aliphatic rings. The number of carbonyl (C=O) groups is 1. The van der Waals surface area contributed by atoms with Gasteiger partial charge in [-0.1, -0.05) is 19.1 Å². The van der Waals surface area contributed by atoms with Gasteiger partial charge in [-0.05, 0) is 36.8 Å². The highest BCUT2D eigenvalue weighted by molar-refractivity contribution is 5.97. The molecule has 3 saturated heterocycles. The van der Waals surface area contributed by atoms with E-state index in [0.29, 0.717) is 61.1 Å². The minimum Gasteiger partial charge on any atom is -0.381 e. The predicted octanol–water partition coefficient (Wildman–Crippen LogP) is 2.60. The molecule has 0 bridgehead atoms. The van der Waals surface area contributed by atoms with Crippen LogP contribution in [0, 0.1) is 11.8 Å². The van der Waals surface area contributed by atoms with Gasteiger partial charge in [-0.25, -0.2) is 9.97 Å². The normalized spacial score (nSPS) is 19.2. The van der Waals surface area contributed by atoms with E-state index in [9.17, 15) is 4.79 Å². The molecule has 11 nitrogen and oxygen atoms in total. The second kappa shape index (κ2) is 9.87. The van der Waals surface area contributed by atoms with Crippen LogP contribution in [0.5, 0.6) is 0 Å². The summed E-state index contributed by atoms with van der Waals surface area (Å²) in [5.41, 5.74) is 3.16. The largest absolute Gasteiger partial charge is 0.381 e. The van der Waals surface area contributed by atoms with E-state index in [1.165, 1.54) is 0 Å². The van der Waals surface area contributed by atoms with E-state index in [1.54, 1.807) is 0 Å². The fourth-order valence-corrected chi connectivity index (χ4v) is 6.16. The molecule has 6 heterocycles. The fourth-order valence-electron chi connectivity index (χ4n) is 6.16. The Bertz CT molecular complexity index is 1530. The Kier molecular flexibility index (Phi) is 6.19. The van der Waals surface area contributed by atoms with Gasteiger partial charge in [-0.3, -0.25) is 9.36 Å². The van der Waals surface area contributed by atoms with E-state index in [1.807, 2.05) is 45.3 Å². The summed E-state index contributed by atoms with van der Waals surface area (Å²) >= 11 is 0. The van der Waals surface area contributed by atoms with Gasteiger partial charge in [-0.15, -0.1) is 0 Å². The zero-order valence-electron chi connectivity index (χ0n) is 22.5. The smallest absolute Gasteiger partial charge is 0.289 e. The van der Waals surface area contributed by atoms with Crippen molar-refractivity contribution in [2.24, 2.45) is 18.9 Å². The molecule has 3 aromatic heterocycles. The van der Waals surface area contributed by atoms with Crippen LogP contribution in [-0.2, 0) is 22.9 Å². The summed E-state index contributed by atoms with van der Waals surface area (Å²) in [4.78, 5) is 37.5. The first kappa shape index (κ1) is 24.5. The summed E-state index contributed by atoms with van der Waals surface area (Å²) in [5.74, 6) is 3.71. The number of fused-ring (bicyclic) bond motifs is 2. The van der Waals surface area contributed by atoms with Crippen molar-refractivity contribution in [1.29, 1.82) is 0 Å². The summed E-state index contributed by atoms with van der Waals surface area (Å²) in [7, 11) is 1.88. The van der Waals surface area contributed by atoms with E-state index in [-0.39, 0.29) is 5.91 Å². The Morgan fingerprint density at radius 1 is 0.949 bits per heavy atom. The lowest BCUT2D eigenvalue weighted by molar-refractivity contribution is -0.00325. The Balaban J connectivity index is 1.29. The van der Waals surface area contributed by atoms with Crippen LogP contribution in [0.25, 0.3) is 28.1 Å². The maximum absolute atomic E-state index is 13.6. The van der Waals surface area contributed by atoms with Gasteiger partial charge in [0.15, 0.2) is 17.0 Å². The third-order valence-corrected chi connectivity index (χ3v) is 8.47. The van der Waals surface area contributed by atoms with E-state index in [4.69, 9.17) is 29.4 Å². The maximum Gasteiger partial charge on any atom is 0.289 e. The molecule has 39 heavy (non-hydrogen) atoms. The average Bonchev–Trinajstić information content (AvgIpc) is 3.50. The number of likely N-dealkylation sites (tertiary alicyclic amines) is 1. The van der Waals surface area contributed by atoms with Crippen LogP contribution in [0.1, 0.15) is 36.2 Å². The molecule has 0 unspecified atom stereocenters. The molecule has 0 N–H and O–H groups in total. The maximum atomic E-state index is 13.6. The lowest BCUT2D eigenvalue weighted by Crippen LogP contribution is -2.53. The number of imidazole rings is 2. The summed E-state index contributed by atoms with van der Waals surface area (Å²) in [6, 6.07) is 8.04. The number of rotatable bonds is 5. The molecule has 0 atom stereocenters. The van der Waals surface area contributed by atoms with Gasteiger partial charge in [0.2, 0.25) is 11.8 Å². The van der Waals surface area contributed by atoms with Crippen molar-refractivity contribution in [1.82, 2.24) is 34.0 Å². The van der Waals surface area contributed by atoms with Crippen molar-refractivity contribution in [3.63, 3.8) is 0 Å². The summed E-state index contributed by atoms with van der Waals surface area (Å²) < 4.78 is 15.0. The Hall–Kier alpha value is -3.57. The number of carbonyl (C=O) groups excluding carboxylic acids is 1. The first-order valence-electron chi connectivity index (χ1n) is 14.0. The Morgan fingerprint density at radius 2 is 1.69 bits per heavy atom. The number of anilines is 1. The minimum atomic E-state index is -0.0457. The number of amides is 1. The van der Waals surface area contributed by atoms with Crippen molar-refractivity contribution in [2.75, 3.05) is 57.5 Å². The number of benzene rings is 1. The number of aromatic nitrogens is 6. The van der Waals surface area contributed by atoms with Gasteiger partial charge in [0.25, 0.3) is 5.91 Å². The quantitative estimate of drug-likeness (QED) is 0.388. The Labute approximate surface area is 226 Å². The molecule has 1 amide bonds. The second-order valence-electron chi connectivity index (χ2n) is 10.7. The van der Waals surface area contributed by atoms with Crippen LogP contribution in [0.3, 0.4) is 0 Å². The molecule has 7 rings (SSSR count). The number of hydrogen-bond donors (Lipinski definition) is 0. The van der Waals surface area contributed by atoms with E-state index in [2.05, 4.69) is 11.8 Å². The third kappa shape index (κ3) is 4.15. The highest BCUT2D eigenvalue weighted by Crippen LogP contribution is 2.33. The van der Waals surface area contributed by atoms with Crippen LogP contribution in [0.4, 0.5) is 5.82 Å². The summed E-state index contributed by atoms with van der Waals surface area (Å²) in [6.45, 7) is 7.95. The minimum absolute atomic E-state index is 0.0457.